The quantitative estimate of drug-likeness (QED) is 0.924. The number of hydrogen-bond donors (Lipinski definition) is 1. The number of methoxy groups -OCH3 is 1. The Balaban J connectivity index is 1.62. The van der Waals surface area contributed by atoms with Crippen molar-refractivity contribution >= 4 is 17.5 Å². The number of aromatic nitrogens is 2. The summed E-state index contributed by atoms with van der Waals surface area (Å²) in [5, 5.41) is 2.83. The van der Waals surface area contributed by atoms with Crippen LogP contribution in [0.2, 0.25) is 0 Å². The Morgan fingerprint density at radius 3 is 2.72 bits per heavy atom. The number of amides is 2. The maximum absolute atomic E-state index is 13.8. The fraction of sp³-hybridized carbons (Fsp3) is 0.353. The fourth-order valence-electron chi connectivity index (χ4n) is 2.73. The van der Waals surface area contributed by atoms with Crippen LogP contribution in [0.5, 0.6) is 5.88 Å². The molecule has 25 heavy (non-hydrogen) atoms. The standard InChI is InChI=1S/C17H20FN5O2/c1-12-10-14(16(25-2)20-11-12)21-17(24)23-8-6-22(7-9-23)15-13(18)4-3-5-19-15/h3-5,10-11H,6-9H2,1-2H3,(H,21,24). The minimum atomic E-state index is -0.351. The number of ether oxygens (including phenoxy) is 1. The molecule has 1 saturated heterocycles. The first-order valence-corrected chi connectivity index (χ1v) is 8.00. The first-order valence-electron chi connectivity index (χ1n) is 8.00. The SMILES string of the molecule is COc1ncc(C)cc1NC(=O)N1CCN(c2ncccc2F)CC1. The van der Waals surface area contributed by atoms with Crippen molar-refractivity contribution in [2.75, 3.05) is 43.5 Å². The Bertz CT molecular complexity index is 762. The molecule has 1 N–H and O–H groups in total. The van der Waals surface area contributed by atoms with Gasteiger partial charge in [0.1, 0.15) is 5.69 Å². The van der Waals surface area contributed by atoms with Crippen molar-refractivity contribution in [2.45, 2.75) is 6.92 Å². The van der Waals surface area contributed by atoms with Crippen molar-refractivity contribution in [1.29, 1.82) is 0 Å². The summed E-state index contributed by atoms with van der Waals surface area (Å²) in [7, 11) is 1.51. The van der Waals surface area contributed by atoms with E-state index >= 15 is 0 Å². The van der Waals surface area contributed by atoms with E-state index in [9.17, 15) is 9.18 Å². The number of carbonyl (C=O) groups is 1. The van der Waals surface area contributed by atoms with Crippen LogP contribution in [0.25, 0.3) is 0 Å². The molecule has 0 radical (unpaired) electrons. The summed E-state index contributed by atoms with van der Waals surface area (Å²) in [6.07, 6.45) is 3.24. The van der Waals surface area contributed by atoms with Gasteiger partial charge >= 0.3 is 6.03 Å². The average molecular weight is 345 g/mol. The molecule has 132 valence electrons. The van der Waals surface area contributed by atoms with Gasteiger partial charge in [-0.1, -0.05) is 0 Å². The zero-order chi connectivity index (χ0) is 17.8. The largest absolute Gasteiger partial charge is 0.480 e. The van der Waals surface area contributed by atoms with Crippen LogP contribution in [0.1, 0.15) is 5.56 Å². The number of carbonyl (C=O) groups excluding carboxylic acids is 1. The van der Waals surface area contributed by atoms with E-state index in [1.807, 2.05) is 17.9 Å². The maximum Gasteiger partial charge on any atom is 0.322 e. The van der Waals surface area contributed by atoms with Gasteiger partial charge in [0.15, 0.2) is 11.6 Å². The van der Waals surface area contributed by atoms with Crippen molar-refractivity contribution in [3.05, 3.63) is 42.0 Å². The molecule has 1 aliphatic heterocycles. The summed E-state index contributed by atoms with van der Waals surface area (Å²) in [6, 6.07) is 4.53. The number of nitrogens with one attached hydrogen (secondary N) is 1. The summed E-state index contributed by atoms with van der Waals surface area (Å²) in [6.45, 7) is 3.88. The molecule has 8 heteroatoms. The van der Waals surface area contributed by atoms with E-state index in [2.05, 4.69) is 15.3 Å². The summed E-state index contributed by atoms with van der Waals surface area (Å²) >= 11 is 0. The number of piperazine rings is 1. The Kier molecular flexibility index (Phi) is 4.97. The van der Waals surface area contributed by atoms with E-state index < -0.39 is 0 Å². The van der Waals surface area contributed by atoms with E-state index in [0.717, 1.165) is 5.56 Å². The number of aryl methyl sites for hydroxylation is 1. The van der Waals surface area contributed by atoms with Crippen LogP contribution in [0, 0.1) is 12.7 Å². The van der Waals surface area contributed by atoms with Gasteiger partial charge in [0, 0.05) is 38.6 Å². The molecule has 0 aromatic carbocycles. The highest BCUT2D eigenvalue weighted by Crippen LogP contribution is 2.23. The predicted molar refractivity (Wildman–Crippen MR) is 92.5 cm³/mol. The molecule has 0 bridgehead atoms. The smallest absolute Gasteiger partial charge is 0.322 e. The predicted octanol–water partition coefficient (Wildman–Crippen LogP) is 2.29. The van der Waals surface area contributed by atoms with Crippen LogP contribution in [0.4, 0.5) is 20.7 Å². The van der Waals surface area contributed by atoms with Crippen LogP contribution in [0.15, 0.2) is 30.6 Å². The van der Waals surface area contributed by atoms with Gasteiger partial charge in [0.05, 0.1) is 7.11 Å². The van der Waals surface area contributed by atoms with E-state index in [0.29, 0.717) is 43.6 Å². The average Bonchev–Trinajstić information content (AvgIpc) is 2.62. The number of nitrogens with zero attached hydrogens (tertiary/aromatic N) is 4. The molecule has 0 aliphatic carbocycles. The van der Waals surface area contributed by atoms with Crippen molar-refractivity contribution in [3.8, 4) is 5.88 Å². The molecule has 1 fully saturated rings. The minimum absolute atomic E-state index is 0.230. The Morgan fingerprint density at radius 1 is 1.28 bits per heavy atom. The first kappa shape index (κ1) is 16.9. The van der Waals surface area contributed by atoms with E-state index in [4.69, 9.17) is 4.74 Å². The van der Waals surface area contributed by atoms with E-state index in [-0.39, 0.29) is 11.8 Å². The van der Waals surface area contributed by atoms with Gasteiger partial charge in [-0.25, -0.2) is 19.2 Å². The molecule has 3 rings (SSSR count). The summed E-state index contributed by atoms with van der Waals surface area (Å²) in [5.41, 5.74) is 1.46. The first-order chi connectivity index (χ1) is 12.1. The molecule has 3 heterocycles. The monoisotopic (exact) mass is 345 g/mol. The normalized spacial score (nSPS) is 14.4. The number of rotatable bonds is 3. The fourth-order valence-corrected chi connectivity index (χ4v) is 2.73. The second-order valence-corrected chi connectivity index (χ2v) is 5.78. The lowest BCUT2D eigenvalue weighted by molar-refractivity contribution is 0.208. The molecule has 2 aromatic heterocycles. The third-order valence-corrected chi connectivity index (χ3v) is 4.03. The third kappa shape index (κ3) is 3.78. The number of hydrogen-bond acceptors (Lipinski definition) is 5. The van der Waals surface area contributed by atoms with Crippen molar-refractivity contribution in [1.82, 2.24) is 14.9 Å². The second-order valence-electron chi connectivity index (χ2n) is 5.78. The summed E-state index contributed by atoms with van der Waals surface area (Å²) in [5.74, 6) is 0.344. The lowest BCUT2D eigenvalue weighted by Gasteiger charge is -2.35. The summed E-state index contributed by atoms with van der Waals surface area (Å²) in [4.78, 5) is 24.2. The molecule has 0 spiro atoms. The zero-order valence-corrected chi connectivity index (χ0v) is 14.2. The molecule has 0 unspecified atom stereocenters. The van der Waals surface area contributed by atoms with Gasteiger partial charge in [-0.05, 0) is 30.7 Å². The lowest BCUT2D eigenvalue weighted by Crippen LogP contribution is -2.50. The van der Waals surface area contributed by atoms with Crippen molar-refractivity contribution in [3.63, 3.8) is 0 Å². The van der Waals surface area contributed by atoms with Gasteiger partial charge in [-0.15, -0.1) is 0 Å². The highest BCUT2D eigenvalue weighted by Gasteiger charge is 2.24. The molecule has 1 aliphatic rings. The molecule has 2 amide bonds. The highest BCUT2D eigenvalue weighted by atomic mass is 19.1. The van der Waals surface area contributed by atoms with Crippen LogP contribution in [-0.2, 0) is 0 Å². The number of urea groups is 1. The van der Waals surface area contributed by atoms with Gasteiger partial charge in [0.25, 0.3) is 0 Å². The van der Waals surface area contributed by atoms with Crippen molar-refractivity contribution < 1.29 is 13.9 Å². The van der Waals surface area contributed by atoms with Gasteiger partial charge in [-0.2, -0.15) is 0 Å². The molecule has 7 nitrogen and oxygen atoms in total. The molecule has 0 atom stereocenters. The van der Waals surface area contributed by atoms with Gasteiger partial charge in [0.2, 0.25) is 5.88 Å². The highest BCUT2D eigenvalue weighted by molar-refractivity contribution is 5.90. The van der Waals surface area contributed by atoms with Crippen molar-refractivity contribution in [2.24, 2.45) is 0 Å². The van der Waals surface area contributed by atoms with E-state index in [1.165, 1.54) is 13.2 Å². The van der Waals surface area contributed by atoms with Crippen LogP contribution in [-0.4, -0.2) is 54.2 Å². The molecule has 0 saturated carbocycles. The summed E-state index contributed by atoms with van der Waals surface area (Å²) < 4.78 is 19.0. The zero-order valence-electron chi connectivity index (χ0n) is 14.2. The minimum Gasteiger partial charge on any atom is -0.480 e. The van der Waals surface area contributed by atoms with Gasteiger partial charge in [-0.3, -0.25) is 0 Å². The molecular weight excluding hydrogens is 325 g/mol. The Hall–Kier alpha value is -2.90. The molecular formula is C17H20FN5O2. The third-order valence-electron chi connectivity index (χ3n) is 4.03. The number of halogens is 1. The van der Waals surface area contributed by atoms with E-state index in [1.54, 1.807) is 23.4 Å². The Labute approximate surface area is 145 Å². The van der Waals surface area contributed by atoms with Crippen LogP contribution in [0.3, 0.4) is 0 Å². The second kappa shape index (κ2) is 7.33. The van der Waals surface area contributed by atoms with Crippen LogP contribution >= 0.6 is 0 Å². The topological polar surface area (TPSA) is 70.6 Å². The number of anilines is 2. The Morgan fingerprint density at radius 2 is 2.04 bits per heavy atom. The van der Waals surface area contributed by atoms with Crippen LogP contribution < -0.4 is 15.0 Å². The van der Waals surface area contributed by atoms with Gasteiger partial charge < -0.3 is 19.9 Å². The number of pyridine rings is 2. The lowest BCUT2D eigenvalue weighted by atomic mass is 10.3. The molecule has 2 aromatic rings. The maximum atomic E-state index is 13.8.